The van der Waals surface area contributed by atoms with Crippen LogP contribution in [0.1, 0.15) is 68.2 Å². The van der Waals surface area contributed by atoms with Gasteiger partial charge in [0.15, 0.2) is 0 Å². The SMILES string of the molecule is CCON1C(C)(C)CC(OC(=O)c2cccc(C(=O)OC)c2)CC1(C)C. The summed E-state index contributed by atoms with van der Waals surface area (Å²) in [5, 5.41) is 2.02. The van der Waals surface area contributed by atoms with Crippen LogP contribution in [0.25, 0.3) is 0 Å². The summed E-state index contributed by atoms with van der Waals surface area (Å²) < 4.78 is 10.5. The van der Waals surface area contributed by atoms with Crippen molar-refractivity contribution in [1.82, 2.24) is 5.06 Å². The Morgan fingerprint density at radius 2 is 1.62 bits per heavy atom. The predicted molar refractivity (Wildman–Crippen MR) is 97.8 cm³/mol. The normalized spacial score (nSPS) is 19.8. The van der Waals surface area contributed by atoms with E-state index >= 15 is 0 Å². The number of benzene rings is 1. The molecule has 0 aliphatic carbocycles. The lowest BCUT2D eigenvalue weighted by atomic mass is 9.80. The van der Waals surface area contributed by atoms with Gasteiger partial charge in [0, 0.05) is 23.9 Å². The largest absolute Gasteiger partial charge is 0.465 e. The van der Waals surface area contributed by atoms with E-state index < -0.39 is 11.9 Å². The molecule has 6 nitrogen and oxygen atoms in total. The number of carbonyl (C=O) groups is 2. The minimum atomic E-state index is -0.480. The molecule has 1 aliphatic heterocycles. The first-order valence-electron chi connectivity index (χ1n) is 8.93. The number of hydrogen-bond donors (Lipinski definition) is 0. The minimum absolute atomic E-state index is 0.231. The van der Waals surface area contributed by atoms with Crippen LogP contribution in [-0.4, -0.2) is 47.9 Å². The van der Waals surface area contributed by atoms with E-state index in [4.69, 9.17) is 14.3 Å². The molecule has 0 unspecified atom stereocenters. The van der Waals surface area contributed by atoms with Crippen molar-refractivity contribution < 1.29 is 23.9 Å². The summed E-state index contributed by atoms with van der Waals surface area (Å²) in [5.41, 5.74) is 0.136. The van der Waals surface area contributed by atoms with E-state index in [1.165, 1.54) is 13.2 Å². The van der Waals surface area contributed by atoms with Gasteiger partial charge in [0.2, 0.25) is 0 Å². The molecule has 0 amide bonds. The van der Waals surface area contributed by atoms with E-state index in [1.54, 1.807) is 18.2 Å². The molecule has 0 spiro atoms. The summed E-state index contributed by atoms with van der Waals surface area (Å²) in [6.45, 7) is 10.9. The van der Waals surface area contributed by atoms with Crippen LogP contribution in [0.3, 0.4) is 0 Å². The van der Waals surface area contributed by atoms with Gasteiger partial charge < -0.3 is 9.47 Å². The maximum Gasteiger partial charge on any atom is 0.338 e. The summed E-state index contributed by atoms with van der Waals surface area (Å²) >= 11 is 0. The monoisotopic (exact) mass is 363 g/mol. The highest BCUT2D eigenvalue weighted by molar-refractivity contribution is 5.95. The van der Waals surface area contributed by atoms with E-state index in [-0.39, 0.29) is 17.2 Å². The van der Waals surface area contributed by atoms with Crippen LogP contribution < -0.4 is 0 Å². The smallest absolute Gasteiger partial charge is 0.338 e. The van der Waals surface area contributed by atoms with Crippen molar-refractivity contribution in [3.63, 3.8) is 0 Å². The van der Waals surface area contributed by atoms with Crippen LogP contribution >= 0.6 is 0 Å². The number of hydroxylamine groups is 2. The summed E-state index contributed by atoms with van der Waals surface area (Å²) in [6, 6.07) is 6.39. The van der Waals surface area contributed by atoms with Crippen LogP contribution in [0, 0.1) is 0 Å². The van der Waals surface area contributed by atoms with Crippen LogP contribution in [0.15, 0.2) is 24.3 Å². The van der Waals surface area contributed by atoms with Crippen molar-refractivity contribution in [1.29, 1.82) is 0 Å². The number of carbonyl (C=O) groups excluding carboxylic acids is 2. The molecule has 1 aromatic rings. The van der Waals surface area contributed by atoms with Crippen LogP contribution in [0.5, 0.6) is 0 Å². The van der Waals surface area contributed by atoms with Crippen molar-refractivity contribution in [2.24, 2.45) is 0 Å². The van der Waals surface area contributed by atoms with Gasteiger partial charge in [0.25, 0.3) is 0 Å². The molecule has 1 aromatic carbocycles. The molecule has 0 N–H and O–H groups in total. The van der Waals surface area contributed by atoms with Crippen molar-refractivity contribution in [3.8, 4) is 0 Å². The maximum absolute atomic E-state index is 12.6. The molecule has 0 saturated carbocycles. The first kappa shape index (κ1) is 20.4. The standard InChI is InChI=1S/C20H29NO5/c1-7-25-21-19(2,3)12-16(13-20(21,4)5)26-18(23)15-10-8-9-14(11-15)17(22)24-6/h8-11,16H,7,12-13H2,1-6H3. The molecule has 0 radical (unpaired) electrons. The number of rotatable bonds is 5. The molecule has 1 saturated heterocycles. The molecule has 0 bridgehead atoms. The summed E-state index contributed by atoms with van der Waals surface area (Å²) in [6.07, 6.45) is 1.10. The average molecular weight is 363 g/mol. The molecule has 6 heteroatoms. The molecule has 1 aliphatic rings. The van der Waals surface area contributed by atoms with Crippen molar-refractivity contribution in [3.05, 3.63) is 35.4 Å². The number of esters is 2. The lowest BCUT2D eigenvalue weighted by Crippen LogP contribution is -2.62. The Morgan fingerprint density at radius 1 is 1.08 bits per heavy atom. The third-order valence-electron chi connectivity index (χ3n) is 4.61. The van der Waals surface area contributed by atoms with E-state index in [2.05, 4.69) is 27.7 Å². The topological polar surface area (TPSA) is 65.1 Å². The zero-order valence-corrected chi connectivity index (χ0v) is 16.5. The highest BCUT2D eigenvalue weighted by Gasteiger charge is 2.47. The van der Waals surface area contributed by atoms with E-state index in [9.17, 15) is 9.59 Å². The molecule has 26 heavy (non-hydrogen) atoms. The second-order valence-corrected chi connectivity index (χ2v) is 7.84. The molecule has 1 heterocycles. The fourth-order valence-electron chi connectivity index (χ4n) is 3.84. The molecule has 2 rings (SSSR count). The van der Waals surface area contributed by atoms with E-state index in [0.717, 1.165) is 0 Å². The number of nitrogens with zero attached hydrogens (tertiary/aromatic N) is 1. The number of piperidine rings is 1. The fourth-order valence-corrected chi connectivity index (χ4v) is 3.84. The van der Waals surface area contributed by atoms with E-state index in [1.807, 2.05) is 12.0 Å². The Morgan fingerprint density at radius 3 is 2.12 bits per heavy atom. The van der Waals surface area contributed by atoms with Crippen molar-refractivity contribution >= 4 is 11.9 Å². The van der Waals surface area contributed by atoms with Gasteiger partial charge in [-0.3, -0.25) is 4.84 Å². The predicted octanol–water partition coefficient (Wildman–Crippen LogP) is 3.60. The average Bonchev–Trinajstić information content (AvgIpc) is 2.56. The van der Waals surface area contributed by atoms with Gasteiger partial charge in [0.1, 0.15) is 6.10 Å². The second-order valence-electron chi connectivity index (χ2n) is 7.84. The maximum atomic E-state index is 12.6. The molecule has 0 aromatic heterocycles. The lowest BCUT2D eigenvalue weighted by molar-refractivity contribution is -0.289. The first-order chi connectivity index (χ1) is 12.1. The Labute approximate surface area is 155 Å². The Hall–Kier alpha value is -1.92. The highest BCUT2D eigenvalue weighted by Crippen LogP contribution is 2.39. The summed E-state index contributed by atoms with van der Waals surface area (Å²) in [5.74, 6) is -0.913. The zero-order valence-electron chi connectivity index (χ0n) is 16.5. The number of hydrogen-bond acceptors (Lipinski definition) is 6. The van der Waals surface area contributed by atoms with Gasteiger partial charge in [0.05, 0.1) is 24.8 Å². The minimum Gasteiger partial charge on any atom is -0.465 e. The van der Waals surface area contributed by atoms with Gasteiger partial charge in [-0.25, -0.2) is 9.59 Å². The zero-order chi connectivity index (χ0) is 19.5. The van der Waals surface area contributed by atoms with Crippen LogP contribution in [-0.2, 0) is 14.3 Å². The summed E-state index contributed by atoms with van der Waals surface area (Å²) in [7, 11) is 1.31. The number of ether oxygens (including phenoxy) is 2. The third-order valence-corrected chi connectivity index (χ3v) is 4.61. The first-order valence-corrected chi connectivity index (χ1v) is 8.93. The molecular weight excluding hydrogens is 334 g/mol. The lowest BCUT2D eigenvalue weighted by Gasteiger charge is -2.53. The Kier molecular flexibility index (Phi) is 6.09. The molecular formula is C20H29NO5. The highest BCUT2D eigenvalue weighted by atomic mass is 16.7. The van der Waals surface area contributed by atoms with Crippen molar-refractivity contribution in [2.45, 2.75) is 64.6 Å². The quantitative estimate of drug-likeness (QED) is 0.745. The van der Waals surface area contributed by atoms with E-state index in [0.29, 0.717) is 30.6 Å². The Balaban J connectivity index is 2.14. The second kappa shape index (κ2) is 7.76. The molecule has 0 atom stereocenters. The van der Waals surface area contributed by atoms with Gasteiger partial charge in [-0.1, -0.05) is 6.07 Å². The van der Waals surface area contributed by atoms with Crippen LogP contribution in [0.2, 0.25) is 0 Å². The van der Waals surface area contributed by atoms with Crippen molar-refractivity contribution in [2.75, 3.05) is 13.7 Å². The van der Waals surface area contributed by atoms with Crippen LogP contribution in [0.4, 0.5) is 0 Å². The summed E-state index contributed by atoms with van der Waals surface area (Å²) in [4.78, 5) is 30.1. The Bertz CT molecular complexity index is 650. The van der Waals surface area contributed by atoms with Gasteiger partial charge in [-0.15, -0.1) is 0 Å². The molecule has 144 valence electrons. The number of methoxy groups -OCH3 is 1. The third kappa shape index (κ3) is 4.43. The molecule has 1 fully saturated rings. The fraction of sp³-hybridized carbons (Fsp3) is 0.600. The van der Waals surface area contributed by atoms with Gasteiger partial charge >= 0.3 is 11.9 Å². The van der Waals surface area contributed by atoms with Gasteiger partial charge in [-0.05, 0) is 52.8 Å². The van der Waals surface area contributed by atoms with Gasteiger partial charge in [-0.2, -0.15) is 5.06 Å².